The summed E-state index contributed by atoms with van der Waals surface area (Å²) in [5.41, 5.74) is 0.236. The van der Waals surface area contributed by atoms with Gasteiger partial charge >= 0.3 is 0 Å². The van der Waals surface area contributed by atoms with Crippen LogP contribution in [0.1, 0.15) is 12.7 Å². The third-order valence-corrected chi connectivity index (χ3v) is 2.61. The molecule has 0 spiro atoms. The summed E-state index contributed by atoms with van der Waals surface area (Å²) in [5.74, 6) is 0.208. The molecule has 0 saturated heterocycles. The zero-order valence-electron chi connectivity index (χ0n) is 9.32. The van der Waals surface area contributed by atoms with Crippen LogP contribution >= 0.6 is 11.6 Å². The van der Waals surface area contributed by atoms with E-state index in [4.69, 9.17) is 11.6 Å². The van der Waals surface area contributed by atoms with Crippen molar-refractivity contribution in [1.29, 1.82) is 0 Å². The standard InChI is InChI=1S/C11H12ClFN4/c1-2-14-6-10-15-7-16-17(10)11-8(12)4-3-5-9(11)13/h3-5,7,14H,2,6H2,1H3. The van der Waals surface area contributed by atoms with Crippen LogP contribution in [0.15, 0.2) is 24.5 Å². The first-order chi connectivity index (χ1) is 8.24. The number of nitrogens with zero attached hydrogens (tertiary/aromatic N) is 3. The minimum atomic E-state index is -0.416. The van der Waals surface area contributed by atoms with Gasteiger partial charge in [0.05, 0.1) is 11.6 Å². The molecule has 4 nitrogen and oxygen atoms in total. The molecule has 0 amide bonds. The lowest BCUT2D eigenvalue weighted by Gasteiger charge is -2.08. The Balaban J connectivity index is 2.43. The summed E-state index contributed by atoms with van der Waals surface area (Å²) in [6.07, 6.45) is 1.38. The summed E-state index contributed by atoms with van der Waals surface area (Å²) < 4.78 is 15.1. The molecule has 0 aliphatic carbocycles. The average molecular weight is 255 g/mol. The van der Waals surface area contributed by atoms with Gasteiger partial charge in [-0.15, -0.1) is 0 Å². The van der Waals surface area contributed by atoms with E-state index in [1.54, 1.807) is 12.1 Å². The van der Waals surface area contributed by atoms with Crippen LogP contribution in [-0.4, -0.2) is 21.3 Å². The fourth-order valence-electron chi connectivity index (χ4n) is 1.50. The average Bonchev–Trinajstić information content (AvgIpc) is 2.74. The molecule has 6 heteroatoms. The molecule has 0 aliphatic heterocycles. The first-order valence-corrected chi connectivity index (χ1v) is 5.65. The molecule has 0 unspecified atom stereocenters. The summed E-state index contributed by atoms with van der Waals surface area (Å²) >= 11 is 5.98. The van der Waals surface area contributed by atoms with E-state index in [0.717, 1.165) is 6.54 Å². The smallest absolute Gasteiger partial charge is 0.150 e. The summed E-state index contributed by atoms with van der Waals surface area (Å²) in [4.78, 5) is 4.08. The van der Waals surface area contributed by atoms with Crippen LogP contribution in [0.3, 0.4) is 0 Å². The van der Waals surface area contributed by atoms with E-state index in [0.29, 0.717) is 17.4 Å². The zero-order chi connectivity index (χ0) is 12.3. The highest BCUT2D eigenvalue weighted by atomic mass is 35.5. The highest BCUT2D eigenvalue weighted by Crippen LogP contribution is 2.23. The van der Waals surface area contributed by atoms with Crippen LogP contribution in [0.5, 0.6) is 0 Å². The van der Waals surface area contributed by atoms with Crippen molar-refractivity contribution in [3.8, 4) is 5.69 Å². The van der Waals surface area contributed by atoms with Crippen molar-refractivity contribution >= 4 is 11.6 Å². The molecule has 90 valence electrons. The van der Waals surface area contributed by atoms with Crippen LogP contribution in [0.4, 0.5) is 4.39 Å². The zero-order valence-corrected chi connectivity index (χ0v) is 10.1. The van der Waals surface area contributed by atoms with Crippen molar-refractivity contribution in [1.82, 2.24) is 20.1 Å². The Morgan fingerprint density at radius 3 is 3.00 bits per heavy atom. The monoisotopic (exact) mass is 254 g/mol. The molecular weight excluding hydrogens is 243 g/mol. The van der Waals surface area contributed by atoms with Gasteiger partial charge in [0.1, 0.15) is 23.7 Å². The highest BCUT2D eigenvalue weighted by molar-refractivity contribution is 6.32. The number of hydrogen-bond donors (Lipinski definition) is 1. The number of para-hydroxylation sites is 1. The molecule has 1 N–H and O–H groups in total. The van der Waals surface area contributed by atoms with Gasteiger partial charge in [0.15, 0.2) is 0 Å². The quantitative estimate of drug-likeness (QED) is 0.909. The molecule has 17 heavy (non-hydrogen) atoms. The van der Waals surface area contributed by atoms with Gasteiger partial charge in [-0.05, 0) is 18.7 Å². The number of hydrogen-bond acceptors (Lipinski definition) is 3. The normalized spacial score (nSPS) is 10.8. The minimum absolute atomic E-state index is 0.236. The second kappa shape index (κ2) is 5.25. The molecule has 0 bridgehead atoms. The molecule has 1 aromatic heterocycles. The molecule has 0 fully saturated rings. The van der Waals surface area contributed by atoms with Crippen molar-refractivity contribution in [3.05, 3.63) is 41.2 Å². The van der Waals surface area contributed by atoms with Gasteiger partial charge in [0.25, 0.3) is 0 Å². The van der Waals surface area contributed by atoms with Crippen LogP contribution in [-0.2, 0) is 6.54 Å². The Morgan fingerprint density at radius 2 is 2.29 bits per heavy atom. The van der Waals surface area contributed by atoms with E-state index >= 15 is 0 Å². The third-order valence-electron chi connectivity index (χ3n) is 2.30. The first kappa shape index (κ1) is 12.0. The fourth-order valence-corrected chi connectivity index (χ4v) is 1.74. The second-order valence-corrected chi connectivity index (χ2v) is 3.85. The number of benzene rings is 1. The maximum atomic E-state index is 13.7. The van der Waals surface area contributed by atoms with Crippen molar-refractivity contribution in [2.24, 2.45) is 0 Å². The molecule has 1 aromatic carbocycles. The van der Waals surface area contributed by atoms with E-state index < -0.39 is 5.82 Å². The summed E-state index contributed by atoms with van der Waals surface area (Å²) in [7, 11) is 0. The van der Waals surface area contributed by atoms with Crippen LogP contribution in [0.2, 0.25) is 5.02 Å². The second-order valence-electron chi connectivity index (χ2n) is 3.44. The van der Waals surface area contributed by atoms with Gasteiger partial charge in [0, 0.05) is 0 Å². The van der Waals surface area contributed by atoms with E-state index in [-0.39, 0.29) is 5.69 Å². The van der Waals surface area contributed by atoms with E-state index in [1.807, 2.05) is 6.92 Å². The molecule has 1 heterocycles. The van der Waals surface area contributed by atoms with Gasteiger partial charge in [-0.2, -0.15) is 5.10 Å². The maximum absolute atomic E-state index is 13.7. The summed E-state index contributed by atoms with van der Waals surface area (Å²) in [6.45, 7) is 3.30. The van der Waals surface area contributed by atoms with Gasteiger partial charge in [-0.1, -0.05) is 24.6 Å². The Morgan fingerprint density at radius 1 is 1.47 bits per heavy atom. The topological polar surface area (TPSA) is 42.7 Å². The number of nitrogens with one attached hydrogen (secondary N) is 1. The van der Waals surface area contributed by atoms with Gasteiger partial charge in [-0.25, -0.2) is 14.1 Å². The van der Waals surface area contributed by atoms with Gasteiger partial charge < -0.3 is 5.32 Å². The Labute approximate surface area is 103 Å². The lowest BCUT2D eigenvalue weighted by atomic mass is 10.3. The van der Waals surface area contributed by atoms with Crippen molar-refractivity contribution < 1.29 is 4.39 Å². The molecule has 0 saturated carbocycles. The Kier molecular flexibility index (Phi) is 3.71. The molecule has 0 aliphatic rings. The highest BCUT2D eigenvalue weighted by Gasteiger charge is 2.13. The van der Waals surface area contributed by atoms with Crippen molar-refractivity contribution in [2.45, 2.75) is 13.5 Å². The predicted molar refractivity (Wildman–Crippen MR) is 63.7 cm³/mol. The van der Waals surface area contributed by atoms with Crippen LogP contribution in [0, 0.1) is 5.82 Å². The first-order valence-electron chi connectivity index (χ1n) is 5.28. The molecule has 2 rings (SSSR count). The maximum Gasteiger partial charge on any atom is 0.150 e. The summed E-state index contributed by atoms with van der Waals surface area (Å²) in [6, 6.07) is 4.53. The number of halogens is 2. The fraction of sp³-hybridized carbons (Fsp3) is 0.273. The SMILES string of the molecule is CCNCc1ncnn1-c1c(F)cccc1Cl. The molecule has 0 radical (unpaired) electrons. The summed E-state index contributed by atoms with van der Waals surface area (Å²) in [5, 5.41) is 7.43. The largest absolute Gasteiger partial charge is 0.310 e. The van der Waals surface area contributed by atoms with Crippen LogP contribution in [0.25, 0.3) is 5.69 Å². The molecular formula is C11H12ClFN4. The molecule has 0 atom stereocenters. The lowest BCUT2D eigenvalue weighted by Crippen LogP contribution is -2.17. The Bertz CT molecular complexity index is 492. The van der Waals surface area contributed by atoms with E-state index in [2.05, 4.69) is 15.4 Å². The number of aromatic nitrogens is 3. The van der Waals surface area contributed by atoms with Crippen molar-refractivity contribution in [3.63, 3.8) is 0 Å². The Hall–Kier alpha value is -1.46. The van der Waals surface area contributed by atoms with Gasteiger partial charge in [0.2, 0.25) is 0 Å². The molecule has 2 aromatic rings. The van der Waals surface area contributed by atoms with Crippen LogP contribution < -0.4 is 5.32 Å². The van der Waals surface area contributed by atoms with E-state index in [1.165, 1.54) is 17.1 Å². The van der Waals surface area contributed by atoms with E-state index in [9.17, 15) is 4.39 Å². The third kappa shape index (κ3) is 2.45. The predicted octanol–water partition coefficient (Wildman–Crippen LogP) is 2.17. The minimum Gasteiger partial charge on any atom is -0.310 e. The van der Waals surface area contributed by atoms with Crippen molar-refractivity contribution in [2.75, 3.05) is 6.54 Å². The van der Waals surface area contributed by atoms with Gasteiger partial charge in [-0.3, -0.25) is 0 Å². The number of rotatable bonds is 4. The lowest BCUT2D eigenvalue weighted by molar-refractivity contribution is 0.597.